The molecule has 0 spiro atoms. The third-order valence-corrected chi connectivity index (χ3v) is 5.83. The van der Waals surface area contributed by atoms with Crippen molar-refractivity contribution in [2.45, 2.75) is 12.8 Å². The van der Waals surface area contributed by atoms with Crippen LogP contribution in [0.5, 0.6) is 0 Å². The Morgan fingerprint density at radius 3 is 2.80 bits per heavy atom. The maximum Gasteiger partial charge on any atom is 0.204 e. The highest BCUT2D eigenvalue weighted by Crippen LogP contribution is 2.29. The molecule has 2 heterocycles. The van der Waals surface area contributed by atoms with Gasteiger partial charge in [0, 0.05) is 55.7 Å². The molecule has 156 valence electrons. The molecule has 0 radical (unpaired) electrons. The van der Waals surface area contributed by atoms with Gasteiger partial charge in [-0.25, -0.2) is 4.57 Å². The highest BCUT2D eigenvalue weighted by Gasteiger charge is 2.24. The Hall–Kier alpha value is -2.59. The summed E-state index contributed by atoms with van der Waals surface area (Å²) in [5.74, 6) is 1.39. The number of rotatable bonds is 9. The first-order valence-electron chi connectivity index (χ1n) is 10.6. The lowest BCUT2D eigenvalue weighted by Gasteiger charge is -2.19. The van der Waals surface area contributed by atoms with Crippen LogP contribution in [-0.4, -0.2) is 31.6 Å². The fourth-order valence-electron chi connectivity index (χ4n) is 3.70. The summed E-state index contributed by atoms with van der Waals surface area (Å²) in [6.45, 7) is 6.95. The molecule has 1 aromatic heterocycles. The van der Waals surface area contributed by atoms with E-state index >= 15 is 0 Å². The van der Waals surface area contributed by atoms with Crippen LogP contribution in [0.15, 0.2) is 78.0 Å². The van der Waals surface area contributed by atoms with Crippen molar-refractivity contribution in [3.63, 3.8) is 0 Å². The molecular formula is C26H32N3S+. The summed E-state index contributed by atoms with van der Waals surface area (Å²) in [7, 11) is 2.06. The molecule has 0 saturated carbocycles. The molecule has 1 aliphatic rings. The summed E-state index contributed by atoms with van der Waals surface area (Å²) in [4.78, 5) is 6.90. The first-order valence-corrected chi connectivity index (χ1v) is 11.3. The number of hydrogen-bond acceptors (Lipinski definition) is 3. The van der Waals surface area contributed by atoms with Gasteiger partial charge in [0.05, 0.1) is 0 Å². The van der Waals surface area contributed by atoms with Crippen LogP contribution in [0.2, 0.25) is 0 Å². The lowest BCUT2D eigenvalue weighted by molar-refractivity contribution is -0.673. The van der Waals surface area contributed by atoms with Crippen molar-refractivity contribution in [1.29, 1.82) is 0 Å². The lowest BCUT2D eigenvalue weighted by Crippen LogP contribution is -2.30. The zero-order chi connectivity index (χ0) is 21.2. The number of thiol groups is 1. The van der Waals surface area contributed by atoms with Crippen LogP contribution in [-0.2, 0) is 7.05 Å². The van der Waals surface area contributed by atoms with Gasteiger partial charge in [-0.15, -0.1) is 0 Å². The molecular weight excluding hydrogens is 386 g/mol. The van der Waals surface area contributed by atoms with Gasteiger partial charge in [-0.1, -0.05) is 24.8 Å². The molecule has 0 amide bonds. The van der Waals surface area contributed by atoms with Gasteiger partial charge in [0.2, 0.25) is 5.69 Å². The van der Waals surface area contributed by atoms with E-state index in [2.05, 4.69) is 102 Å². The SMILES string of the molecule is C=C/C(=C\C=NCCCS)C1CCN(c2ccc(/C=C/c3cccc[n+]3C)cc2)C1. The summed E-state index contributed by atoms with van der Waals surface area (Å²) >= 11 is 4.22. The van der Waals surface area contributed by atoms with E-state index < -0.39 is 0 Å². The summed E-state index contributed by atoms with van der Waals surface area (Å²) in [5, 5.41) is 0. The van der Waals surface area contributed by atoms with Crippen LogP contribution in [0.25, 0.3) is 12.2 Å². The highest BCUT2D eigenvalue weighted by atomic mass is 32.1. The average Bonchev–Trinajstić information content (AvgIpc) is 3.26. The highest BCUT2D eigenvalue weighted by molar-refractivity contribution is 7.80. The molecule has 0 bridgehead atoms. The second kappa shape index (κ2) is 11.6. The Kier molecular flexibility index (Phi) is 8.52. The van der Waals surface area contributed by atoms with E-state index in [1.807, 2.05) is 18.4 Å². The van der Waals surface area contributed by atoms with Crippen molar-refractivity contribution in [3.05, 3.63) is 84.2 Å². The van der Waals surface area contributed by atoms with Crippen molar-refractivity contribution in [2.75, 3.05) is 30.3 Å². The molecule has 4 heteroatoms. The smallest absolute Gasteiger partial charge is 0.204 e. The van der Waals surface area contributed by atoms with Gasteiger partial charge in [-0.05, 0) is 60.1 Å². The Labute approximate surface area is 186 Å². The second-order valence-electron chi connectivity index (χ2n) is 7.60. The quantitative estimate of drug-likeness (QED) is 0.199. The van der Waals surface area contributed by atoms with Gasteiger partial charge in [-0.3, -0.25) is 4.99 Å². The van der Waals surface area contributed by atoms with Crippen LogP contribution in [0.1, 0.15) is 24.1 Å². The number of pyridine rings is 1. The summed E-state index contributed by atoms with van der Waals surface area (Å²) in [5.41, 5.74) is 4.96. The molecule has 1 saturated heterocycles. The van der Waals surface area contributed by atoms with E-state index in [0.29, 0.717) is 5.92 Å². The number of aromatic nitrogens is 1. The standard InChI is InChI=1S/C26H31N3S/c1-3-23(14-17-27-16-6-20-30)24-15-19-29(21-24)26-12-9-22(10-13-26)8-11-25-7-4-5-18-28(25)2/h3-5,7-14,17-18,24H,1,6,15-16,19-21H2,2H3/p+1/b23-14+,27-17?. The molecule has 2 aromatic rings. The number of anilines is 1. The average molecular weight is 419 g/mol. The van der Waals surface area contributed by atoms with E-state index in [4.69, 9.17) is 0 Å². The van der Waals surface area contributed by atoms with E-state index in [0.717, 1.165) is 38.2 Å². The van der Waals surface area contributed by atoms with Gasteiger partial charge in [0.25, 0.3) is 0 Å². The minimum absolute atomic E-state index is 0.511. The molecule has 1 unspecified atom stereocenters. The van der Waals surface area contributed by atoms with Crippen molar-refractivity contribution < 1.29 is 4.57 Å². The van der Waals surface area contributed by atoms with E-state index in [-0.39, 0.29) is 0 Å². The first-order chi connectivity index (χ1) is 14.7. The molecule has 3 nitrogen and oxygen atoms in total. The predicted octanol–water partition coefficient (Wildman–Crippen LogP) is 5.01. The monoisotopic (exact) mass is 418 g/mol. The molecule has 1 aromatic carbocycles. The van der Waals surface area contributed by atoms with Crippen LogP contribution in [0.3, 0.4) is 0 Å². The third-order valence-electron chi connectivity index (χ3n) is 5.51. The number of hydrogen-bond donors (Lipinski definition) is 1. The Balaban J connectivity index is 1.59. The molecule has 1 aliphatic heterocycles. The van der Waals surface area contributed by atoms with Crippen LogP contribution >= 0.6 is 12.6 Å². The summed E-state index contributed by atoms with van der Waals surface area (Å²) in [6, 6.07) is 15.1. The van der Waals surface area contributed by atoms with Crippen LogP contribution < -0.4 is 9.47 Å². The fourth-order valence-corrected chi connectivity index (χ4v) is 3.84. The first kappa shape index (κ1) is 22.1. The van der Waals surface area contributed by atoms with E-state index in [1.165, 1.54) is 22.5 Å². The molecule has 0 aliphatic carbocycles. The Bertz CT molecular complexity index is 912. The fraction of sp³-hybridized carbons (Fsp3) is 0.308. The molecule has 3 rings (SSSR count). The van der Waals surface area contributed by atoms with Gasteiger partial charge in [-0.2, -0.15) is 12.6 Å². The number of allylic oxidation sites excluding steroid dienone is 2. The maximum absolute atomic E-state index is 4.43. The molecule has 1 fully saturated rings. The van der Waals surface area contributed by atoms with Crippen molar-refractivity contribution in [2.24, 2.45) is 18.0 Å². The van der Waals surface area contributed by atoms with Crippen molar-refractivity contribution in [1.82, 2.24) is 0 Å². The Morgan fingerprint density at radius 2 is 2.07 bits per heavy atom. The lowest BCUT2D eigenvalue weighted by atomic mass is 9.98. The van der Waals surface area contributed by atoms with Crippen LogP contribution in [0, 0.1) is 5.92 Å². The maximum atomic E-state index is 4.43. The summed E-state index contributed by atoms with van der Waals surface area (Å²) < 4.78 is 2.12. The van der Waals surface area contributed by atoms with Crippen molar-refractivity contribution in [3.8, 4) is 0 Å². The normalized spacial score (nSPS) is 17.3. The van der Waals surface area contributed by atoms with Crippen molar-refractivity contribution >= 4 is 36.7 Å². The number of aliphatic imine (C=N–C) groups is 1. The number of benzene rings is 1. The minimum atomic E-state index is 0.511. The number of aryl methyl sites for hydroxylation is 1. The van der Waals surface area contributed by atoms with Gasteiger partial charge < -0.3 is 4.90 Å². The minimum Gasteiger partial charge on any atom is -0.371 e. The van der Waals surface area contributed by atoms with E-state index in [1.54, 1.807) is 0 Å². The molecule has 30 heavy (non-hydrogen) atoms. The second-order valence-corrected chi connectivity index (χ2v) is 8.04. The molecule has 0 N–H and O–H groups in total. The number of nitrogens with zero attached hydrogens (tertiary/aromatic N) is 3. The third kappa shape index (κ3) is 6.20. The predicted molar refractivity (Wildman–Crippen MR) is 133 cm³/mol. The zero-order valence-electron chi connectivity index (χ0n) is 17.8. The Morgan fingerprint density at radius 1 is 1.23 bits per heavy atom. The zero-order valence-corrected chi connectivity index (χ0v) is 18.7. The topological polar surface area (TPSA) is 19.5 Å². The molecule has 1 atom stereocenters. The van der Waals surface area contributed by atoms with Gasteiger partial charge in [0.15, 0.2) is 6.20 Å². The van der Waals surface area contributed by atoms with Gasteiger partial charge in [0.1, 0.15) is 7.05 Å². The largest absolute Gasteiger partial charge is 0.371 e. The summed E-state index contributed by atoms with van der Waals surface area (Å²) in [6.07, 6.45) is 14.6. The van der Waals surface area contributed by atoms with Gasteiger partial charge >= 0.3 is 0 Å². The van der Waals surface area contributed by atoms with E-state index in [9.17, 15) is 0 Å². The van der Waals surface area contributed by atoms with Crippen LogP contribution in [0.4, 0.5) is 5.69 Å².